The Balaban J connectivity index is 2.23. The van der Waals surface area contributed by atoms with Crippen LogP contribution in [0.4, 0.5) is 0 Å². The van der Waals surface area contributed by atoms with Crippen LogP contribution >= 0.6 is 0 Å². The van der Waals surface area contributed by atoms with E-state index < -0.39 is 17.7 Å². The molecule has 1 saturated heterocycles. The maximum Gasteiger partial charge on any atom is 0.295 e. The van der Waals surface area contributed by atoms with E-state index >= 15 is 0 Å². The van der Waals surface area contributed by atoms with Gasteiger partial charge >= 0.3 is 0 Å². The number of rotatable bonds is 7. The third-order valence-corrected chi connectivity index (χ3v) is 5.38. The summed E-state index contributed by atoms with van der Waals surface area (Å²) in [5, 5.41) is 11.1. The van der Waals surface area contributed by atoms with Crippen LogP contribution in [0, 0.1) is 6.92 Å². The number of benzene rings is 2. The number of aryl methyl sites for hydroxylation is 1. The Kier molecular flexibility index (Phi) is 6.65. The van der Waals surface area contributed by atoms with E-state index in [1.54, 1.807) is 30.3 Å². The van der Waals surface area contributed by atoms with Crippen molar-refractivity contribution in [3.63, 3.8) is 0 Å². The van der Waals surface area contributed by atoms with Crippen LogP contribution in [0.1, 0.15) is 22.7 Å². The van der Waals surface area contributed by atoms with E-state index in [2.05, 4.69) is 0 Å². The Morgan fingerprint density at radius 1 is 1.06 bits per heavy atom. The summed E-state index contributed by atoms with van der Waals surface area (Å²) in [5.41, 5.74) is 2.12. The molecule has 31 heavy (non-hydrogen) atoms. The molecule has 1 heterocycles. The second-order valence-corrected chi connectivity index (χ2v) is 7.74. The molecule has 0 spiro atoms. The number of carbonyl (C=O) groups excluding carboxylic acids is 2. The van der Waals surface area contributed by atoms with E-state index in [0.717, 1.165) is 5.56 Å². The van der Waals surface area contributed by atoms with Crippen molar-refractivity contribution in [3.8, 4) is 11.5 Å². The minimum Gasteiger partial charge on any atom is -0.507 e. The summed E-state index contributed by atoms with van der Waals surface area (Å²) in [5.74, 6) is -0.673. The molecule has 0 aliphatic carbocycles. The molecule has 1 atom stereocenters. The number of carbonyl (C=O) groups is 2. The van der Waals surface area contributed by atoms with Crippen molar-refractivity contribution in [2.45, 2.75) is 13.0 Å². The standard InChI is InChI=1S/C24H28N2O5/c1-15-9-11-16(12-10-15)21(27)19-20(17-7-6-8-18(30-4)23(17)31-5)26(14-13-25(2)3)24(29)22(19)28/h6-12,20,27H,13-14H2,1-5H3/b21-19+/t20-/m1/s1. The molecule has 1 aliphatic heterocycles. The highest BCUT2D eigenvalue weighted by Crippen LogP contribution is 2.45. The molecule has 0 aromatic heterocycles. The number of likely N-dealkylation sites (tertiary alicyclic amines) is 1. The lowest BCUT2D eigenvalue weighted by atomic mass is 9.94. The third kappa shape index (κ3) is 4.27. The van der Waals surface area contributed by atoms with Crippen molar-refractivity contribution in [2.24, 2.45) is 0 Å². The van der Waals surface area contributed by atoms with E-state index in [0.29, 0.717) is 35.7 Å². The fourth-order valence-corrected chi connectivity index (χ4v) is 3.74. The summed E-state index contributed by atoms with van der Waals surface area (Å²) in [6.45, 7) is 2.80. The topological polar surface area (TPSA) is 79.3 Å². The Morgan fingerprint density at radius 2 is 1.74 bits per heavy atom. The zero-order chi connectivity index (χ0) is 22.7. The molecule has 2 aromatic rings. The monoisotopic (exact) mass is 424 g/mol. The quantitative estimate of drug-likeness (QED) is 0.418. The summed E-state index contributed by atoms with van der Waals surface area (Å²) in [6.07, 6.45) is 0. The smallest absolute Gasteiger partial charge is 0.295 e. The number of ether oxygens (including phenoxy) is 2. The van der Waals surface area contributed by atoms with Crippen LogP contribution in [-0.2, 0) is 9.59 Å². The normalized spacial score (nSPS) is 18.0. The van der Waals surface area contributed by atoms with Gasteiger partial charge < -0.3 is 24.4 Å². The van der Waals surface area contributed by atoms with Gasteiger partial charge in [-0.05, 0) is 27.1 Å². The van der Waals surface area contributed by atoms with Crippen molar-refractivity contribution in [3.05, 3.63) is 64.7 Å². The van der Waals surface area contributed by atoms with Crippen LogP contribution in [0.25, 0.3) is 5.76 Å². The molecule has 2 aromatic carbocycles. The van der Waals surface area contributed by atoms with Gasteiger partial charge in [0.2, 0.25) is 0 Å². The molecule has 1 N–H and O–H groups in total. The lowest BCUT2D eigenvalue weighted by molar-refractivity contribution is -0.140. The first-order valence-corrected chi connectivity index (χ1v) is 10.0. The van der Waals surface area contributed by atoms with Gasteiger partial charge in [0, 0.05) is 24.2 Å². The SMILES string of the molecule is COc1cccc([C@@H]2/C(=C(\O)c3ccc(C)cc3)C(=O)C(=O)N2CCN(C)C)c1OC. The second-order valence-electron chi connectivity index (χ2n) is 7.74. The average Bonchev–Trinajstić information content (AvgIpc) is 3.01. The minimum absolute atomic E-state index is 0.0409. The van der Waals surface area contributed by atoms with Gasteiger partial charge in [0.1, 0.15) is 5.76 Å². The number of nitrogens with zero attached hydrogens (tertiary/aromatic N) is 2. The third-order valence-electron chi connectivity index (χ3n) is 5.38. The maximum absolute atomic E-state index is 13.1. The highest BCUT2D eigenvalue weighted by atomic mass is 16.5. The highest BCUT2D eigenvalue weighted by molar-refractivity contribution is 6.46. The van der Waals surface area contributed by atoms with Crippen LogP contribution < -0.4 is 9.47 Å². The molecule has 0 saturated carbocycles. The molecule has 1 fully saturated rings. The first-order chi connectivity index (χ1) is 14.8. The Labute approximate surface area is 182 Å². The van der Waals surface area contributed by atoms with Crippen molar-refractivity contribution in [1.29, 1.82) is 0 Å². The molecular weight excluding hydrogens is 396 g/mol. The Bertz CT molecular complexity index is 1010. The van der Waals surface area contributed by atoms with E-state index in [1.807, 2.05) is 38.1 Å². The fraction of sp³-hybridized carbons (Fsp3) is 0.333. The molecule has 3 rings (SSSR count). The largest absolute Gasteiger partial charge is 0.507 e. The average molecular weight is 424 g/mol. The number of hydrogen-bond donors (Lipinski definition) is 1. The summed E-state index contributed by atoms with van der Waals surface area (Å²) in [7, 11) is 6.82. The number of aliphatic hydroxyl groups is 1. The summed E-state index contributed by atoms with van der Waals surface area (Å²) in [4.78, 5) is 29.5. The van der Waals surface area contributed by atoms with Crippen LogP contribution in [0.5, 0.6) is 11.5 Å². The molecule has 7 nitrogen and oxygen atoms in total. The molecule has 1 aliphatic rings. The second kappa shape index (κ2) is 9.22. The summed E-state index contributed by atoms with van der Waals surface area (Å²) < 4.78 is 11.0. The zero-order valence-electron chi connectivity index (χ0n) is 18.5. The van der Waals surface area contributed by atoms with Gasteiger partial charge in [0.15, 0.2) is 11.5 Å². The maximum atomic E-state index is 13.1. The van der Waals surface area contributed by atoms with E-state index in [4.69, 9.17) is 9.47 Å². The Morgan fingerprint density at radius 3 is 2.32 bits per heavy atom. The highest BCUT2D eigenvalue weighted by Gasteiger charge is 2.47. The predicted octanol–water partition coefficient (Wildman–Crippen LogP) is 3.00. The molecule has 0 radical (unpaired) electrons. The number of para-hydroxylation sites is 1. The van der Waals surface area contributed by atoms with E-state index in [-0.39, 0.29) is 11.3 Å². The molecule has 0 unspecified atom stereocenters. The first kappa shape index (κ1) is 22.4. The number of ketones is 1. The van der Waals surface area contributed by atoms with Crippen LogP contribution in [0.15, 0.2) is 48.0 Å². The number of methoxy groups -OCH3 is 2. The summed E-state index contributed by atoms with van der Waals surface area (Å²) in [6, 6.07) is 11.7. The van der Waals surface area contributed by atoms with Gasteiger partial charge in [-0.15, -0.1) is 0 Å². The predicted molar refractivity (Wildman–Crippen MR) is 118 cm³/mol. The van der Waals surface area contributed by atoms with Crippen molar-refractivity contribution in [2.75, 3.05) is 41.4 Å². The van der Waals surface area contributed by atoms with E-state index in [9.17, 15) is 14.7 Å². The number of likely N-dealkylation sites (N-methyl/N-ethyl adjacent to an activating group) is 1. The van der Waals surface area contributed by atoms with Crippen molar-refractivity contribution >= 4 is 17.4 Å². The van der Waals surface area contributed by atoms with Gasteiger partial charge in [-0.1, -0.05) is 42.0 Å². The van der Waals surface area contributed by atoms with Crippen LogP contribution in [0.2, 0.25) is 0 Å². The number of Topliss-reactive ketones (excluding diaryl/α,β-unsaturated/α-hetero) is 1. The lowest BCUT2D eigenvalue weighted by Crippen LogP contribution is -2.35. The zero-order valence-corrected chi connectivity index (χ0v) is 18.5. The molecule has 7 heteroatoms. The Hall–Kier alpha value is -3.32. The number of hydrogen-bond acceptors (Lipinski definition) is 6. The van der Waals surface area contributed by atoms with Gasteiger partial charge in [0.05, 0.1) is 25.8 Å². The fourth-order valence-electron chi connectivity index (χ4n) is 3.74. The van der Waals surface area contributed by atoms with Gasteiger partial charge in [0.25, 0.3) is 11.7 Å². The first-order valence-electron chi connectivity index (χ1n) is 10.0. The molecule has 164 valence electrons. The van der Waals surface area contributed by atoms with E-state index in [1.165, 1.54) is 19.1 Å². The lowest BCUT2D eigenvalue weighted by Gasteiger charge is -2.28. The van der Waals surface area contributed by atoms with Gasteiger partial charge in [-0.3, -0.25) is 9.59 Å². The number of amides is 1. The van der Waals surface area contributed by atoms with Crippen molar-refractivity contribution < 1.29 is 24.2 Å². The molecular formula is C24H28N2O5. The molecule has 0 bridgehead atoms. The van der Waals surface area contributed by atoms with Gasteiger partial charge in [-0.25, -0.2) is 0 Å². The van der Waals surface area contributed by atoms with Crippen LogP contribution in [-0.4, -0.2) is 68.0 Å². The summed E-state index contributed by atoms with van der Waals surface area (Å²) >= 11 is 0. The van der Waals surface area contributed by atoms with Crippen LogP contribution in [0.3, 0.4) is 0 Å². The number of aliphatic hydroxyl groups excluding tert-OH is 1. The van der Waals surface area contributed by atoms with Gasteiger partial charge in [-0.2, -0.15) is 0 Å². The minimum atomic E-state index is -0.800. The van der Waals surface area contributed by atoms with Crippen molar-refractivity contribution in [1.82, 2.24) is 9.80 Å². The molecule has 1 amide bonds.